The van der Waals surface area contributed by atoms with Crippen LogP contribution in [0.25, 0.3) is 0 Å². The zero-order valence-corrected chi connectivity index (χ0v) is 8.55. The van der Waals surface area contributed by atoms with Gasteiger partial charge in [-0.3, -0.25) is 5.41 Å². The first kappa shape index (κ1) is 11.4. The number of hydrogen-bond acceptors (Lipinski definition) is 2. The van der Waals surface area contributed by atoms with Crippen LogP contribution in [-0.4, -0.2) is 38.0 Å². The largest absolute Gasteiger partial charge is 0.385 e. The monoisotopic (exact) mass is 172 g/mol. The van der Waals surface area contributed by atoms with E-state index in [0.29, 0.717) is 11.8 Å². The fourth-order valence-electron chi connectivity index (χ4n) is 1.01. The van der Waals surface area contributed by atoms with Crippen LogP contribution in [0.15, 0.2) is 0 Å². The number of nitrogens with one attached hydrogen (secondary N) is 1. The van der Waals surface area contributed by atoms with Gasteiger partial charge in [-0.15, -0.1) is 0 Å². The topological polar surface area (TPSA) is 36.3 Å². The van der Waals surface area contributed by atoms with Gasteiger partial charge in [0, 0.05) is 33.2 Å². The van der Waals surface area contributed by atoms with Gasteiger partial charge in [0.05, 0.1) is 5.84 Å². The van der Waals surface area contributed by atoms with Crippen LogP contribution in [-0.2, 0) is 4.74 Å². The SMILES string of the molecule is COCCCN(C)C(=N)C(C)C. The van der Waals surface area contributed by atoms with E-state index in [0.717, 1.165) is 19.6 Å². The van der Waals surface area contributed by atoms with E-state index in [1.54, 1.807) is 7.11 Å². The van der Waals surface area contributed by atoms with Gasteiger partial charge in [0.2, 0.25) is 0 Å². The Morgan fingerprint density at radius 1 is 1.50 bits per heavy atom. The normalized spacial score (nSPS) is 10.4. The molecule has 0 amide bonds. The first-order valence-electron chi connectivity index (χ1n) is 4.38. The summed E-state index contributed by atoms with van der Waals surface area (Å²) >= 11 is 0. The molecule has 0 aromatic carbocycles. The Kier molecular flexibility index (Phi) is 5.72. The first-order chi connectivity index (χ1) is 5.59. The summed E-state index contributed by atoms with van der Waals surface area (Å²) in [6.07, 6.45) is 0.988. The van der Waals surface area contributed by atoms with Crippen LogP contribution in [0.1, 0.15) is 20.3 Å². The molecule has 0 aromatic rings. The van der Waals surface area contributed by atoms with Crippen molar-refractivity contribution in [1.82, 2.24) is 4.90 Å². The molecule has 0 saturated carbocycles. The van der Waals surface area contributed by atoms with Gasteiger partial charge < -0.3 is 9.64 Å². The van der Waals surface area contributed by atoms with Crippen LogP contribution in [0.5, 0.6) is 0 Å². The van der Waals surface area contributed by atoms with Crippen molar-refractivity contribution in [3.8, 4) is 0 Å². The fourth-order valence-corrected chi connectivity index (χ4v) is 1.01. The van der Waals surface area contributed by atoms with E-state index < -0.39 is 0 Å². The van der Waals surface area contributed by atoms with Crippen LogP contribution in [0.4, 0.5) is 0 Å². The van der Waals surface area contributed by atoms with Crippen molar-refractivity contribution in [3.05, 3.63) is 0 Å². The minimum atomic E-state index is 0.317. The van der Waals surface area contributed by atoms with Crippen LogP contribution in [0.3, 0.4) is 0 Å². The highest BCUT2D eigenvalue weighted by Crippen LogP contribution is 1.99. The van der Waals surface area contributed by atoms with Crippen molar-refractivity contribution in [2.45, 2.75) is 20.3 Å². The zero-order chi connectivity index (χ0) is 9.56. The molecule has 0 aliphatic rings. The Morgan fingerprint density at radius 2 is 2.08 bits per heavy atom. The maximum Gasteiger partial charge on any atom is 0.0981 e. The summed E-state index contributed by atoms with van der Waals surface area (Å²) in [4.78, 5) is 1.98. The third-order valence-electron chi connectivity index (χ3n) is 1.80. The van der Waals surface area contributed by atoms with E-state index in [1.165, 1.54) is 0 Å². The molecule has 0 rings (SSSR count). The average Bonchev–Trinajstić information content (AvgIpc) is 2.03. The van der Waals surface area contributed by atoms with Gasteiger partial charge in [0.1, 0.15) is 0 Å². The molecule has 0 spiro atoms. The molecule has 0 aromatic heterocycles. The molecule has 0 radical (unpaired) electrons. The van der Waals surface area contributed by atoms with Crippen molar-refractivity contribution in [2.24, 2.45) is 5.92 Å². The predicted octanol–water partition coefficient (Wildman–Crippen LogP) is 1.59. The summed E-state index contributed by atoms with van der Waals surface area (Å²) < 4.78 is 4.94. The van der Waals surface area contributed by atoms with Gasteiger partial charge in [-0.05, 0) is 6.42 Å². The summed E-state index contributed by atoms with van der Waals surface area (Å²) in [5.74, 6) is 1.02. The molecule has 0 aliphatic heterocycles. The van der Waals surface area contributed by atoms with Crippen LogP contribution in [0, 0.1) is 11.3 Å². The summed E-state index contributed by atoms with van der Waals surface area (Å²) in [6, 6.07) is 0. The van der Waals surface area contributed by atoms with Gasteiger partial charge in [0.25, 0.3) is 0 Å². The molecule has 0 heterocycles. The van der Waals surface area contributed by atoms with E-state index in [2.05, 4.69) is 0 Å². The van der Waals surface area contributed by atoms with E-state index >= 15 is 0 Å². The quantitative estimate of drug-likeness (QED) is 0.388. The second-order valence-corrected chi connectivity index (χ2v) is 3.31. The molecule has 0 bridgehead atoms. The summed E-state index contributed by atoms with van der Waals surface area (Å²) in [5, 5.41) is 7.67. The summed E-state index contributed by atoms with van der Waals surface area (Å²) in [6.45, 7) is 5.75. The lowest BCUT2D eigenvalue weighted by atomic mass is 10.2. The molecule has 72 valence electrons. The number of nitrogens with zero attached hydrogens (tertiary/aromatic N) is 1. The molecule has 1 N–H and O–H groups in total. The van der Waals surface area contributed by atoms with Gasteiger partial charge in [-0.25, -0.2) is 0 Å². The minimum absolute atomic E-state index is 0.317. The van der Waals surface area contributed by atoms with Gasteiger partial charge in [0.15, 0.2) is 0 Å². The zero-order valence-electron chi connectivity index (χ0n) is 8.55. The number of hydrogen-bond donors (Lipinski definition) is 1. The lowest BCUT2D eigenvalue weighted by molar-refractivity contribution is 0.188. The molecular weight excluding hydrogens is 152 g/mol. The number of methoxy groups -OCH3 is 1. The van der Waals surface area contributed by atoms with Crippen molar-refractivity contribution in [2.75, 3.05) is 27.3 Å². The van der Waals surface area contributed by atoms with Crippen molar-refractivity contribution in [3.63, 3.8) is 0 Å². The van der Waals surface area contributed by atoms with Crippen LogP contribution in [0.2, 0.25) is 0 Å². The summed E-state index contributed by atoms with van der Waals surface area (Å²) in [7, 11) is 3.66. The number of amidine groups is 1. The highest BCUT2D eigenvalue weighted by molar-refractivity contribution is 5.80. The Morgan fingerprint density at radius 3 is 2.50 bits per heavy atom. The van der Waals surface area contributed by atoms with Gasteiger partial charge >= 0.3 is 0 Å². The molecule has 0 atom stereocenters. The maximum atomic E-state index is 7.67. The summed E-state index contributed by atoms with van der Waals surface area (Å²) in [5.41, 5.74) is 0. The highest BCUT2D eigenvalue weighted by atomic mass is 16.5. The molecule has 0 aliphatic carbocycles. The third-order valence-corrected chi connectivity index (χ3v) is 1.80. The number of rotatable bonds is 5. The predicted molar refractivity (Wildman–Crippen MR) is 51.7 cm³/mol. The molecule has 0 saturated heterocycles. The Labute approximate surface area is 75.2 Å². The molecule has 0 unspecified atom stereocenters. The minimum Gasteiger partial charge on any atom is -0.385 e. The molecule has 12 heavy (non-hydrogen) atoms. The lowest BCUT2D eigenvalue weighted by Crippen LogP contribution is -2.31. The molecule has 3 nitrogen and oxygen atoms in total. The third kappa shape index (κ3) is 4.34. The Bertz CT molecular complexity index is 134. The molecular formula is C9H20N2O. The van der Waals surface area contributed by atoms with Gasteiger partial charge in [-0.2, -0.15) is 0 Å². The smallest absolute Gasteiger partial charge is 0.0981 e. The highest BCUT2D eigenvalue weighted by Gasteiger charge is 2.07. The second kappa shape index (κ2) is 6.00. The average molecular weight is 172 g/mol. The van der Waals surface area contributed by atoms with Gasteiger partial charge in [-0.1, -0.05) is 13.8 Å². The van der Waals surface area contributed by atoms with Crippen molar-refractivity contribution in [1.29, 1.82) is 5.41 Å². The van der Waals surface area contributed by atoms with E-state index in [1.807, 2.05) is 25.8 Å². The fraction of sp³-hybridized carbons (Fsp3) is 0.889. The Hall–Kier alpha value is -0.570. The first-order valence-corrected chi connectivity index (χ1v) is 4.38. The second-order valence-electron chi connectivity index (χ2n) is 3.31. The van der Waals surface area contributed by atoms with Crippen LogP contribution < -0.4 is 0 Å². The van der Waals surface area contributed by atoms with Crippen molar-refractivity contribution < 1.29 is 4.74 Å². The Balaban J connectivity index is 3.57. The lowest BCUT2D eigenvalue weighted by Gasteiger charge is -2.22. The van der Waals surface area contributed by atoms with Crippen LogP contribution >= 0.6 is 0 Å². The standard InChI is InChI=1S/C9H20N2O/c1-8(2)9(10)11(3)6-5-7-12-4/h8,10H,5-7H2,1-4H3. The molecule has 3 heteroatoms. The van der Waals surface area contributed by atoms with E-state index in [4.69, 9.17) is 10.1 Å². The van der Waals surface area contributed by atoms with Crippen molar-refractivity contribution >= 4 is 5.84 Å². The molecule has 0 fully saturated rings. The van der Waals surface area contributed by atoms with E-state index in [-0.39, 0.29) is 0 Å². The van der Waals surface area contributed by atoms with E-state index in [9.17, 15) is 0 Å². The number of ether oxygens (including phenoxy) is 1. The maximum absolute atomic E-state index is 7.67.